The van der Waals surface area contributed by atoms with Gasteiger partial charge in [0.25, 0.3) is 0 Å². The van der Waals surface area contributed by atoms with Crippen molar-refractivity contribution >= 4 is 0 Å². The van der Waals surface area contributed by atoms with Gasteiger partial charge in [-0.25, -0.2) is 0 Å². The number of aliphatic hydroxyl groups is 4. The Labute approximate surface area is 324 Å². The number of hydrogen-bond donors (Lipinski definition) is 4. The van der Waals surface area contributed by atoms with Crippen LogP contribution in [0.3, 0.4) is 0 Å². The van der Waals surface area contributed by atoms with Crippen LogP contribution >= 0.6 is 0 Å². The minimum atomic E-state index is -0.755. The first kappa shape index (κ1) is 38.6. The molecular weight excluding hydrogens is 716 g/mol. The van der Waals surface area contributed by atoms with E-state index >= 15 is 0 Å². The van der Waals surface area contributed by atoms with Crippen LogP contribution in [0, 0.1) is 0 Å². The highest BCUT2D eigenvalue weighted by Crippen LogP contribution is 2.51. The molecule has 22 atom stereocenters. The van der Waals surface area contributed by atoms with Crippen LogP contribution in [0.5, 0.6) is 0 Å². The molecule has 0 aliphatic carbocycles. The van der Waals surface area contributed by atoms with E-state index in [1.54, 1.807) is 0 Å². The van der Waals surface area contributed by atoms with Crippen LogP contribution < -0.4 is 0 Å². The number of ether oxygens (including phenoxy) is 10. The van der Waals surface area contributed by atoms with Crippen molar-refractivity contribution in [2.24, 2.45) is 0 Å². The second kappa shape index (κ2) is 14.6. The standard InChI is InChI=1S/C41H64O14/c1-39-9-5-24-27(51-37(39)16-29-32(53-39)13-20(44)22(46-29)7-11-42)14-34-31(48-24)18-38-41(3,55-34)10-6-25-28(52-38)15-33-30(47-25)17-36-40(2,54-33)8-4-23-26(50-36)12-21(45)35(19-43)49-23/h20-38,42-45H,4-19H2,1-3H3/t20-,21+,22+,23+,24+,25+,26-,27-,28-,29-,30-,31-,32+,33+,34+,35-,36+,37+,38+,39-,40-,41-/m1/s1. The third-order valence-electron chi connectivity index (χ3n) is 15.7. The fourth-order valence-electron chi connectivity index (χ4n) is 12.3. The highest BCUT2D eigenvalue weighted by Gasteiger charge is 2.60. The normalized spacial score (nSPS) is 58.9. The van der Waals surface area contributed by atoms with Crippen molar-refractivity contribution in [3.05, 3.63) is 0 Å². The summed E-state index contributed by atoms with van der Waals surface area (Å²) >= 11 is 0. The summed E-state index contributed by atoms with van der Waals surface area (Å²) < 4.78 is 67.6. The van der Waals surface area contributed by atoms with E-state index in [4.69, 9.17) is 47.4 Å². The Hall–Kier alpha value is -0.560. The van der Waals surface area contributed by atoms with Crippen molar-refractivity contribution in [2.45, 2.75) is 243 Å². The van der Waals surface area contributed by atoms with Crippen LogP contribution in [0.1, 0.15) is 111 Å². The van der Waals surface area contributed by atoms with Crippen molar-refractivity contribution in [1.29, 1.82) is 0 Å². The summed E-state index contributed by atoms with van der Waals surface area (Å²) in [4.78, 5) is 0. The summed E-state index contributed by atoms with van der Waals surface area (Å²) in [6.45, 7) is 6.25. The average Bonchev–Trinajstić information content (AvgIpc) is 3.44. The van der Waals surface area contributed by atoms with Crippen LogP contribution in [0.25, 0.3) is 0 Å². The molecule has 0 bridgehead atoms. The second-order valence-electron chi connectivity index (χ2n) is 19.3. The summed E-state index contributed by atoms with van der Waals surface area (Å²) in [7, 11) is 0. The summed E-state index contributed by atoms with van der Waals surface area (Å²) in [6, 6.07) is 0. The fourth-order valence-corrected chi connectivity index (χ4v) is 12.3. The monoisotopic (exact) mass is 780 g/mol. The van der Waals surface area contributed by atoms with Gasteiger partial charge in [0.1, 0.15) is 6.10 Å². The quantitative estimate of drug-likeness (QED) is 0.328. The van der Waals surface area contributed by atoms with E-state index in [2.05, 4.69) is 20.8 Å². The molecule has 10 fully saturated rings. The van der Waals surface area contributed by atoms with E-state index in [0.29, 0.717) is 25.7 Å². The zero-order valence-electron chi connectivity index (χ0n) is 32.7. The Bertz CT molecular complexity index is 1390. The number of hydrogen-bond acceptors (Lipinski definition) is 14. The number of rotatable bonds is 3. The summed E-state index contributed by atoms with van der Waals surface area (Å²) in [5.74, 6) is 0. The Morgan fingerprint density at radius 1 is 0.418 bits per heavy atom. The van der Waals surface area contributed by atoms with Gasteiger partial charge in [0.15, 0.2) is 0 Å². The smallest absolute Gasteiger partial charge is 0.107 e. The van der Waals surface area contributed by atoms with Crippen LogP contribution in [-0.2, 0) is 47.4 Å². The minimum absolute atomic E-state index is 0.0244. The molecule has 10 saturated heterocycles. The van der Waals surface area contributed by atoms with Crippen molar-refractivity contribution in [2.75, 3.05) is 13.2 Å². The van der Waals surface area contributed by atoms with E-state index in [9.17, 15) is 20.4 Å². The van der Waals surface area contributed by atoms with Crippen LogP contribution in [0.2, 0.25) is 0 Å². The zero-order valence-corrected chi connectivity index (χ0v) is 32.7. The lowest BCUT2D eigenvalue weighted by Gasteiger charge is -2.53. The SMILES string of the molecule is C[C@@]12CC[C@@H]3O[C@@H]4C[C@@H]5O[C@@H]6C[C@@H]7O[C@]8(C)CC[C@@H]9O[C@H](CO)[C@@H](O)C[C@H]9O[C@H]8C[C@H]7O[C@H]6CC[C@@]5(C)O[C@H]4C[C@H]3O[C@H]1C[C@H]1O[C@@H](CCO)[C@H](O)C[C@@H]1O2. The first-order valence-electron chi connectivity index (χ1n) is 21.6. The molecule has 0 aromatic heterocycles. The maximum atomic E-state index is 10.7. The molecule has 4 N–H and O–H groups in total. The fraction of sp³-hybridized carbons (Fsp3) is 1.00. The van der Waals surface area contributed by atoms with Crippen molar-refractivity contribution in [3.63, 3.8) is 0 Å². The Morgan fingerprint density at radius 3 is 1.25 bits per heavy atom. The van der Waals surface area contributed by atoms with Gasteiger partial charge in [0, 0.05) is 51.6 Å². The van der Waals surface area contributed by atoms with Gasteiger partial charge in [-0.1, -0.05) is 0 Å². The Kier molecular flexibility index (Phi) is 10.2. The maximum absolute atomic E-state index is 10.7. The first-order chi connectivity index (χ1) is 26.4. The molecule has 312 valence electrons. The van der Waals surface area contributed by atoms with Crippen molar-refractivity contribution < 1.29 is 67.8 Å². The molecule has 0 saturated carbocycles. The molecule has 10 aliphatic rings. The topological polar surface area (TPSA) is 173 Å². The molecule has 10 heterocycles. The van der Waals surface area contributed by atoms with Gasteiger partial charge in [0.2, 0.25) is 0 Å². The maximum Gasteiger partial charge on any atom is 0.107 e. The lowest BCUT2D eigenvalue weighted by atomic mass is 9.81. The zero-order chi connectivity index (χ0) is 37.9. The third kappa shape index (κ3) is 6.87. The molecule has 0 unspecified atom stereocenters. The van der Waals surface area contributed by atoms with Gasteiger partial charge in [0.05, 0.1) is 133 Å². The van der Waals surface area contributed by atoms with Crippen molar-refractivity contribution in [1.82, 2.24) is 0 Å². The van der Waals surface area contributed by atoms with Gasteiger partial charge in [-0.3, -0.25) is 0 Å². The molecule has 0 aromatic rings. The molecule has 0 radical (unpaired) electrons. The van der Waals surface area contributed by atoms with Crippen molar-refractivity contribution in [3.8, 4) is 0 Å². The highest BCUT2D eigenvalue weighted by atomic mass is 16.6. The van der Waals surface area contributed by atoms with Gasteiger partial charge < -0.3 is 67.8 Å². The van der Waals surface area contributed by atoms with Crippen LogP contribution in [0.15, 0.2) is 0 Å². The molecule has 10 aliphatic heterocycles. The Balaban J connectivity index is 0.795. The molecule has 0 aromatic carbocycles. The number of aliphatic hydroxyl groups excluding tert-OH is 4. The lowest BCUT2D eigenvalue weighted by molar-refractivity contribution is -0.312. The van der Waals surface area contributed by atoms with E-state index in [-0.39, 0.29) is 105 Å². The molecule has 55 heavy (non-hydrogen) atoms. The molecular formula is C41H64O14. The van der Waals surface area contributed by atoms with E-state index in [0.717, 1.165) is 64.2 Å². The largest absolute Gasteiger partial charge is 0.396 e. The van der Waals surface area contributed by atoms with E-state index < -0.39 is 41.2 Å². The van der Waals surface area contributed by atoms with Gasteiger partial charge in [-0.05, 0) is 65.7 Å². The molecule has 14 heteroatoms. The van der Waals surface area contributed by atoms with Gasteiger partial charge in [-0.2, -0.15) is 0 Å². The number of fused-ring (bicyclic) bond motifs is 9. The highest BCUT2D eigenvalue weighted by molar-refractivity contribution is 5.08. The predicted molar refractivity (Wildman–Crippen MR) is 191 cm³/mol. The predicted octanol–water partition coefficient (Wildman–Crippen LogP) is 2.00. The summed E-state index contributed by atoms with van der Waals surface area (Å²) in [5.41, 5.74) is -1.51. The molecule has 14 nitrogen and oxygen atoms in total. The van der Waals surface area contributed by atoms with Crippen LogP contribution in [-0.4, -0.2) is 166 Å². The third-order valence-corrected chi connectivity index (χ3v) is 15.7. The lowest BCUT2D eigenvalue weighted by Crippen LogP contribution is -2.62. The summed E-state index contributed by atoms with van der Waals surface area (Å²) in [6.07, 6.45) is 5.22. The molecule has 0 spiro atoms. The van der Waals surface area contributed by atoms with Gasteiger partial charge >= 0.3 is 0 Å². The first-order valence-corrected chi connectivity index (χ1v) is 21.6. The van der Waals surface area contributed by atoms with Gasteiger partial charge in [-0.15, -0.1) is 0 Å². The average molecular weight is 781 g/mol. The van der Waals surface area contributed by atoms with E-state index in [1.165, 1.54) is 0 Å². The summed E-state index contributed by atoms with van der Waals surface area (Å²) in [5, 5.41) is 40.5. The second-order valence-corrected chi connectivity index (χ2v) is 19.3. The molecule has 0 amide bonds. The molecule has 10 rings (SSSR count). The minimum Gasteiger partial charge on any atom is -0.396 e. The van der Waals surface area contributed by atoms with E-state index in [1.807, 2.05) is 0 Å². The van der Waals surface area contributed by atoms with Crippen LogP contribution in [0.4, 0.5) is 0 Å². The Morgan fingerprint density at radius 2 is 0.782 bits per heavy atom.